The van der Waals surface area contributed by atoms with Gasteiger partial charge >= 0.3 is 23.9 Å². The Bertz CT molecular complexity index is 3460. The van der Waals surface area contributed by atoms with Crippen molar-refractivity contribution in [3.8, 4) is 11.5 Å². The van der Waals surface area contributed by atoms with Gasteiger partial charge in [-0.1, -0.05) is 24.3 Å². The van der Waals surface area contributed by atoms with E-state index in [-0.39, 0.29) is 66.8 Å². The lowest BCUT2D eigenvalue weighted by Gasteiger charge is -2.16. The first kappa shape index (κ1) is 48.9. The van der Waals surface area contributed by atoms with Crippen molar-refractivity contribution in [1.82, 2.24) is 0 Å². The molecule has 10 N–H and O–H groups in total. The number of carboxylic acid groups (broad SMARTS) is 4. The number of phenols is 2. The summed E-state index contributed by atoms with van der Waals surface area (Å²) in [4.78, 5) is 69.3. The van der Waals surface area contributed by atoms with E-state index in [9.17, 15) is 75.1 Å². The van der Waals surface area contributed by atoms with E-state index in [4.69, 9.17) is 10.2 Å². The fourth-order valence-electron chi connectivity index (χ4n) is 7.17. The number of nitrogens with one attached hydrogen (secondary N) is 2. The minimum absolute atomic E-state index is 0.0174. The number of aromatic hydroxyl groups is 2. The van der Waals surface area contributed by atoms with E-state index in [0.29, 0.717) is 0 Å². The molecule has 0 fully saturated rings. The van der Waals surface area contributed by atoms with Crippen LogP contribution in [0.4, 0.5) is 45.5 Å². The Balaban J connectivity index is 1.14. The molecule has 70 heavy (non-hydrogen) atoms. The highest BCUT2D eigenvalue weighted by atomic mass is 32.2. The van der Waals surface area contributed by atoms with Crippen molar-refractivity contribution in [3.63, 3.8) is 0 Å². The predicted molar refractivity (Wildman–Crippen MR) is 245 cm³/mol. The number of benzene rings is 6. The average molecular weight is 997 g/mol. The maximum Gasteiger partial charge on any atom is 0.311 e. The molecule has 7 aromatic rings. The largest absolute Gasteiger partial charge is 0.505 e. The van der Waals surface area contributed by atoms with E-state index < -0.39 is 112 Å². The van der Waals surface area contributed by atoms with Gasteiger partial charge in [0.25, 0.3) is 31.1 Å². The number of phenolic OH excluding ortho intramolecular Hbond substituents is 2. The summed E-state index contributed by atoms with van der Waals surface area (Å²) in [5.74, 6) is -9.74. The maximum absolute atomic E-state index is 12.8. The van der Waals surface area contributed by atoms with Gasteiger partial charge in [0.15, 0.2) is 11.5 Å². The van der Waals surface area contributed by atoms with Crippen molar-refractivity contribution < 1.29 is 75.8 Å². The highest BCUT2D eigenvalue weighted by Gasteiger charge is 2.28. The summed E-state index contributed by atoms with van der Waals surface area (Å²) in [6, 6.07) is 19.8. The van der Waals surface area contributed by atoms with Gasteiger partial charge in [-0.25, -0.2) is 0 Å². The van der Waals surface area contributed by atoms with E-state index in [2.05, 4.69) is 31.1 Å². The lowest BCUT2D eigenvalue weighted by molar-refractivity contribution is -0.145. The minimum Gasteiger partial charge on any atom is -0.505 e. The van der Waals surface area contributed by atoms with Crippen molar-refractivity contribution in [2.75, 3.05) is 10.6 Å². The Labute approximate surface area is 391 Å². The van der Waals surface area contributed by atoms with Gasteiger partial charge in [-0.05, 0) is 94.7 Å². The second-order valence-electron chi connectivity index (χ2n) is 15.2. The summed E-state index contributed by atoms with van der Waals surface area (Å²) in [6.45, 7) is 0. The summed E-state index contributed by atoms with van der Waals surface area (Å²) >= 11 is 0. The average Bonchev–Trinajstić information content (AvgIpc) is 3.29. The third-order valence-electron chi connectivity index (χ3n) is 10.6. The predicted octanol–water partition coefficient (Wildman–Crippen LogP) is 7.10. The second-order valence-corrected chi connectivity index (χ2v) is 18.0. The lowest BCUT2D eigenvalue weighted by atomic mass is 9.96. The van der Waals surface area contributed by atoms with E-state index in [1.807, 2.05) is 0 Å². The van der Waals surface area contributed by atoms with Gasteiger partial charge in [-0.15, -0.1) is 10.2 Å². The number of nitrogens with zero attached hydrogens (tertiary/aromatic N) is 4. The van der Waals surface area contributed by atoms with Crippen molar-refractivity contribution in [3.05, 3.63) is 129 Å². The molecular weight excluding hydrogens is 965 g/mol. The van der Waals surface area contributed by atoms with Crippen LogP contribution < -0.4 is 21.5 Å². The lowest BCUT2D eigenvalue weighted by Crippen LogP contribution is -2.35. The fourth-order valence-corrected chi connectivity index (χ4v) is 8.49. The first-order valence-corrected chi connectivity index (χ1v) is 22.6. The van der Waals surface area contributed by atoms with Crippen LogP contribution in [0.25, 0.3) is 21.5 Å². The number of rotatable bonds is 18. The number of carbonyl (C=O) groups is 4. The molecule has 0 aliphatic heterocycles. The number of hydrogen-bond acceptors (Lipinski definition) is 18. The standard InChI is InChI=1S/C44H32N6O18S2/c51-33(52)17-29(43(59)60)19-1-5-23(6-2-19)47-49-35-31(69(63,64)65)15-21-13-25(9-11-27(21)39(35)55)45-37-38(42(58)41(37)57)46-26-10-12-28-22(14-26)16-32(70(66,67)68)36(40(28)56)50-48-24-7-3-20(4-8-24)30(44(61)62)18-34(53)54/h1-16,29-30,45-46,55-56H,17-18H2,(H,51,52)(H,53,54)(H,59,60)(H,61,62)(H,63,64,65)(H,66,67,68). The molecule has 7 aromatic carbocycles. The molecule has 0 spiro atoms. The minimum atomic E-state index is -5.11. The third kappa shape index (κ3) is 10.3. The van der Waals surface area contributed by atoms with Crippen LogP contribution in [0.1, 0.15) is 35.8 Å². The number of carboxylic acids is 4. The Kier molecular flexibility index (Phi) is 13.3. The van der Waals surface area contributed by atoms with E-state index in [1.54, 1.807) is 0 Å². The summed E-state index contributed by atoms with van der Waals surface area (Å²) in [5, 5.41) is 80.1. The molecule has 0 bridgehead atoms. The van der Waals surface area contributed by atoms with Gasteiger partial charge in [0.1, 0.15) is 32.5 Å². The van der Waals surface area contributed by atoms with Crippen LogP contribution in [-0.2, 0) is 39.4 Å². The molecule has 0 aromatic heterocycles. The molecule has 2 atom stereocenters. The zero-order chi connectivity index (χ0) is 51.0. The molecule has 26 heteroatoms. The van der Waals surface area contributed by atoms with Crippen LogP contribution in [0.2, 0.25) is 0 Å². The van der Waals surface area contributed by atoms with Gasteiger partial charge in [0.05, 0.1) is 36.1 Å². The van der Waals surface area contributed by atoms with Crippen molar-refractivity contribution in [2.24, 2.45) is 20.5 Å². The first-order valence-electron chi connectivity index (χ1n) is 19.8. The van der Waals surface area contributed by atoms with Crippen LogP contribution in [0.5, 0.6) is 11.5 Å². The highest BCUT2D eigenvalue weighted by molar-refractivity contribution is 7.86. The summed E-state index contributed by atoms with van der Waals surface area (Å²) < 4.78 is 70.2. The molecule has 358 valence electrons. The number of fused-ring (bicyclic) bond motifs is 2. The highest BCUT2D eigenvalue weighted by Crippen LogP contribution is 2.44. The van der Waals surface area contributed by atoms with Gasteiger partial charge in [0.2, 0.25) is 0 Å². The molecule has 0 radical (unpaired) electrons. The fraction of sp³-hybridized carbons (Fsp3) is 0.0909. The summed E-state index contributed by atoms with van der Waals surface area (Å²) in [6.07, 6.45) is -1.41. The quantitative estimate of drug-likeness (QED) is 0.0233. The Morgan fingerprint density at radius 2 is 0.843 bits per heavy atom. The van der Waals surface area contributed by atoms with Crippen molar-refractivity contribution in [1.29, 1.82) is 0 Å². The molecule has 24 nitrogen and oxygen atoms in total. The molecule has 0 aliphatic rings. The van der Waals surface area contributed by atoms with Crippen LogP contribution in [0, 0.1) is 0 Å². The topological polar surface area (TPSA) is 406 Å². The Hall–Kier alpha value is -8.98. The zero-order valence-corrected chi connectivity index (χ0v) is 36.7. The smallest absolute Gasteiger partial charge is 0.311 e. The Morgan fingerprint density at radius 1 is 0.500 bits per heavy atom. The van der Waals surface area contributed by atoms with E-state index in [1.165, 1.54) is 84.9 Å². The zero-order valence-electron chi connectivity index (χ0n) is 35.1. The Morgan fingerprint density at radius 3 is 1.14 bits per heavy atom. The molecule has 2 unspecified atom stereocenters. The van der Waals surface area contributed by atoms with Gasteiger partial charge in [0, 0.05) is 22.1 Å². The monoisotopic (exact) mass is 996 g/mol. The van der Waals surface area contributed by atoms with Crippen LogP contribution in [-0.4, -0.2) is 80.5 Å². The number of aliphatic carboxylic acids is 4. The molecule has 0 saturated carbocycles. The SMILES string of the molecule is O=C(O)CC(C(=O)O)c1ccc(N=Nc2c(S(=O)(=O)O)cc3cc(Nc4c(Nc5ccc6c(O)c(N=Nc7ccc(C(CC(=O)O)C(=O)O)cc7)c(S(=O)(=O)O)cc6c5)c(=O)c4=O)ccc3c2O)cc1. The normalized spacial score (nSPS) is 12.9. The second kappa shape index (κ2) is 19.0. The van der Waals surface area contributed by atoms with Gasteiger partial charge < -0.3 is 41.3 Å². The molecule has 0 heterocycles. The van der Waals surface area contributed by atoms with Crippen molar-refractivity contribution in [2.45, 2.75) is 34.5 Å². The molecular formula is C44H32N6O18S2. The van der Waals surface area contributed by atoms with Gasteiger partial charge in [-0.2, -0.15) is 27.1 Å². The summed E-state index contributed by atoms with van der Waals surface area (Å²) in [5.41, 5.74) is -3.49. The molecule has 0 saturated heterocycles. The van der Waals surface area contributed by atoms with E-state index in [0.717, 1.165) is 12.1 Å². The first-order chi connectivity index (χ1) is 32.9. The third-order valence-corrected chi connectivity index (χ3v) is 12.3. The van der Waals surface area contributed by atoms with Crippen LogP contribution >= 0.6 is 0 Å². The van der Waals surface area contributed by atoms with E-state index >= 15 is 0 Å². The molecule has 0 amide bonds. The number of hydrogen-bond donors (Lipinski definition) is 10. The van der Waals surface area contributed by atoms with Crippen LogP contribution in [0.15, 0.2) is 137 Å². The summed E-state index contributed by atoms with van der Waals surface area (Å²) in [7, 11) is -10.2. The van der Waals surface area contributed by atoms with Gasteiger partial charge in [-0.3, -0.25) is 37.9 Å². The molecule has 0 aliphatic carbocycles. The van der Waals surface area contributed by atoms with Crippen LogP contribution in [0.3, 0.4) is 0 Å². The number of anilines is 4. The van der Waals surface area contributed by atoms with Crippen molar-refractivity contribution >= 4 is 111 Å². The maximum atomic E-state index is 12.8. The molecule has 7 rings (SSSR count). The number of azo groups is 2.